The third-order valence-electron chi connectivity index (χ3n) is 1.88. The molecular weight excluding hydrogens is 276 g/mol. The maximum atomic E-state index is 11.5. The fraction of sp³-hybridized carbons (Fsp3) is 0.300. The van der Waals surface area contributed by atoms with Crippen molar-refractivity contribution >= 4 is 27.5 Å². The molecule has 1 amide bonds. The van der Waals surface area contributed by atoms with E-state index in [1.807, 2.05) is 6.92 Å². The van der Waals surface area contributed by atoms with Crippen LogP contribution >= 0.6 is 15.9 Å². The van der Waals surface area contributed by atoms with Gasteiger partial charge < -0.3 is 5.32 Å². The summed E-state index contributed by atoms with van der Waals surface area (Å²) >= 11 is 3.30. The van der Waals surface area contributed by atoms with Gasteiger partial charge in [0.2, 0.25) is 0 Å². The van der Waals surface area contributed by atoms with Gasteiger partial charge in [-0.25, -0.2) is 0 Å². The molecule has 0 spiro atoms. The number of amides is 1. The van der Waals surface area contributed by atoms with Crippen LogP contribution in [0.4, 0.5) is 5.69 Å². The van der Waals surface area contributed by atoms with Crippen molar-refractivity contribution in [1.82, 2.24) is 5.32 Å². The SMILES string of the molecule is C[C@H](Br)CNC(=O)c1ccc([N+](=O)[O-])cc1. The Labute approximate surface area is 101 Å². The Kier molecular flexibility index (Phi) is 4.42. The number of carbonyl (C=O) groups is 1. The molecule has 0 aromatic heterocycles. The van der Waals surface area contributed by atoms with Gasteiger partial charge in [-0.05, 0) is 12.1 Å². The molecule has 1 aromatic carbocycles. The van der Waals surface area contributed by atoms with E-state index in [4.69, 9.17) is 0 Å². The maximum Gasteiger partial charge on any atom is 0.269 e. The third-order valence-corrected chi connectivity index (χ3v) is 2.21. The number of rotatable bonds is 4. The highest BCUT2D eigenvalue weighted by atomic mass is 79.9. The van der Waals surface area contributed by atoms with E-state index in [2.05, 4.69) is 21.2 Å². The first-order valence-corrected chi connectivity index (χ1v) is 5.59. The molecule has 0 bridgehead atoms. The summed E-state index contributed by atoms with van der Waals surface area (Å²) in [5, 5.41) is 13.1. The molecule has 1 N–H and O–H groups in total. The van der Waals surface area contributed by atoms with E-state index in [0.717, 1.165) is 0 Å². The zero-order valence-electron chi connectivity index (χ0n) is 8.64. The van der Waals surface area contributed by atoms with Gasteiger partial charge >= 0.3 is 0 Å². The van der Waals surface area contributed by atoms with E-state index in [1.165, 1.54) is 24.3 Å². The summed E-state index contributed by atoms with van der Waals surface area (Å²) in [5.41, 5.74) is 0.393. The van der Waals surface area contributed by atoms with Gasteiger partial charge in [-0.15, -0.1) is 0 Å². The van der Waals surface area contributed by atoms with Crippen LogP contribution in [0.5, 0.6) is 0 Å². The van der Waals surface area contributed by atoms with Gasteiger partial charge in [-0.2, -0.15) is 0 Å². The van der Waals surface area contributed by atoms with Crippen LogP contribution < -0.4 is 5.32 Å². The molecule has 86 valence electrons. The smallest absolute Gasteiger partial charge is 0.269 e. The fourth-order valence-electron chi connectivity index (χ4n) is 1.07. The number of benzene rings is 1. The molecule has 5 nitrogen and oxygen atoms in total. The molecule has 0 radical (unpaired) electrons. The van der Waals surface area contributed by atoms with Crippen LogP contribution in [0.3, 0.4) is 0 Å². The molecular formula is C10H11BrN2O3. The normalized spacial score (nSPS) is 11.9. The van der Waals surface area contributed by atoms with E-state index >= 15 is 0 Å². The maximum absolute atomic E-state index is 11.5. The summed E-state index contributed by atoms with van der Waals surface area (Å²) in [6, 6.07) is 5.50. The van der Waals surface area contributed by atoms with Crippen LogP contribution in [0.15, 0.2) is 24.3 Å². The molecule has 0 aliphatic carbocycles. The lowest BCUT2D eigenvalue weighted by molar-refractivity contribution is -0.384. The summed E-state index contributed by atoms with van der Waals surface area (Å²) in [6.07, 6.45) is 0. The molecule has 0 saturated heterocycles. The lowest BCUT2D eigenvalue weighted by atomic mass is 10.2. The fourth-order valence-corrected chi connectivity index (χ4v) is 1.23. The van der Waals surface area contributed by atoms with Gasteiger partial charge in [-0.3, -0.25) is 14.9 Å². The van der Waals surface area contributed by atoms with Crippen LogP contribution in [-0.4, -0.2) is 22.2 Å². The van der Waals surface area contributed by atoms with Crippen molar-refractivity contribution in [3.05, 3.63) is 39.9 Å². The Bertz CT molecular complexity index is 390. The number of hydrogen-bond donors (Lipinski definition) is 1. The average Bonchev–Trinajstić information content (AvgIpc) is 2.26. The Balaban J connectivity index is 2.67. The van der Waals surface area contributed by atoms with Crippen molar-refractivity contribution in [1.29, 1.82) is 0 Å². The number of nitrogens with one attached hydrogen (secondary N) is 1. The minimum atomic E-state index is -0.498. The first-order valence-electron chi connectivity index (χ1n) is 4.67. The lowest BCUT2D eigenvalue weighted by Gasteiger charge is -2.06. The van der Waals surface area contributed by atoms with Gasteiger partial charge in [0.1, 0.15) is 0 Å². The molecule has 0 aliphatic rings. The monoisotopic (exact) mass is 286 g/mol. The van der Waals surface area contributed by atoms with Crippen LogP contribution in [-0.2, 0) is 0 Å². The van der Waals surface area contributed by atoms with Crippen LogP contribution in [0.1, 0.15) is 17.3 Å². The molecule has 0 unspecified atom stereocenters. The van der Waals surface area contributed by atoms with E-state index in [-0.39, 0.29) is 16.4 Å². The van der Waals surface area contributed by atoms with Gasteiger partial charge in [0.05, 0.1) is 4.92 Å². The van der Waals surface area contributed by atoms with Crippen LogP contribution in [0.25, 0.3) is 0 Å². The van der Waals surface area contributed by atoms with Gasteiger partial charge in [0, 0.05) is 29.1 Å². The highest BCUT2D eigenvalue weighted by Gasteiger charge is 2.09. The number of nitro groups is 1. The van der Waals surface area contributed by atoms with Gasteiger partial charge in [-0.1, -0.05) is 22.9 Å². The molecule has 16 heavy (non-hydrogen) atoms. The third kappa shape index (κ3) is 3.62. The molecule has 6 heteroatoms. The first-order chi connectivity index (χ1) is 7.50. The number of hydrogen-bond acceptors (Lipinski definition) is 3. The number of nitro benzene ring substituents is 1. The zero-order valence-corrected chi connectivity index (χ0v) is 10.2. The topological polar surface area (TPSA) is 72.2 Å². The van der Waals surface area contributed by atoms with Crippen molar-refractivity contribution < 1.29 is 9.72 Å². The summed E-state index contributed by atoms with van der Waals surface area (Å²) in [6.45, 7) is 2.42. The Morgan fingerprint density at radius 3 is 2.50 bits per heavy atom. The summed E-state index contributed by atoms with van der Waals surface area (Å²) in [7, 11) is 0. The highest BCUT2D eigenvalue weighted by Crippen LogP contribution is 2.11. The Morgan fingerprint density at radius 1 is 1.50 bits per heavy atom. The molecule has 0 aliphatic heterocycles. The predicted octanol–water partition coefficient (Wildman–Crippen LogP) is 2.11. The average molecular weight is 287 g/mol. The number of non-ortho nitro benzene ring substituents is 1. The van der Waals surface area contributed by atoms with Crippen LogP contribution in [0, 0.1) is 10.1 Å². The number of halogens is 1. The number of carbonyl (C=O) groups excluding carboxylic acids is 1. The Hall–Kier alpha value is -1.43. The lowest BCUT2D eigenvalue weighted by Crippen LogP contribution is -2.28. The van der Waals surface area contributed by atoms with Crippen LogP contribution in [0.2, 0.25) is 0 Å². The van der Waals surface area contributed by atoms with Crippen molar-refractivity contribution in [2.45, 2.75) is 11.8 Å². The van der Waals surface area contributed by atoms with E-state index in [0.29, 0.717) is 12.1 Å². The standard InChI is InChI=1S/C10H11BrN2O3/c1-7(11)6-12-10(14)8-2-4-9(5-3-8)13(15)16/h2-5,7H,6H2,1H3,(H,12,14)/t7-/m0/s1. The molecule has 1 aromatic rings. The minimum Gasteiger partial charge on any atom is -0.351 e. The summed E-state index contributed by atoms with van der Waals surface area (Å²) in [4.78, 5) is 21.6. The van der Waals surface area contributed by atoms with E-state index < -0.39 is 4.92 Å². The zero-order chi connectivity index (χ0) is 12.1. The van der Waals surface area contributed by atoms with E-state index in [1.54, 1.807) is 0 Å². The summed E-state index contributed by atoms with van der Waals surface area (Å²) < 4.78 is 0. The molecule has 0 heterocycles. The first kappa shape index (κ1) is 12.6. The molecule has 0 saturated carbocycles. The highest BCUT2D eigenvalue weighted by molar-refractivity contribution is 9.09. The quantitative estimate of drug-likeness (QED) is 0.523. The second kappa shape index (κ2) is 5.60. The number of alkyl halides is 1. The Morgan fingerprint density at radius 2 is 2.06 bits per heavy atom. The largest absolute Gasteiger partial charge is 0.351 e. The number of nitrogens with zero attached hydrogens (tertiary/aromatic N) is 1. The minimum absolute atomic E-state index is 0.0228. The van der Waals surface area contributed by atoms with E-state index in [9.17, 15) is 14.9 Å². The molecule has 0 fully saturated rings. The van der Waals surface area contributed by atoms with Gasteiger partial charge in [0.15, 0.2) is 0 Å². The second-order valence-electron chi connectivity index (χ2n) is 3.29. The van der Waals surface area contributed by atoms with Crippen molar-refractivity contribution in [2.75, 3.05) is 6.54 Å². The van der Waals surface area contributed by atoms with Crippen molar-refractivity contribution in [2.24, 2.45) is 0 Å². The molecule has 1 rings (SSSR count). The summed E-state index contributed by atoms with van der Waals surface area (Å²) in [5.74, 6) is -0.235. The molecule has 1 atom stereocenters. The van der Waals surface area contributed by atoms with Gasteiger partial charge in [0.25, 0.3) is 11.6 Å². The van der Waals surface area contributed by atoms with Crippen molar-refractivity contribution in [3.8, 4) is 0 Å². The predicted molar refractivity (Wildman–Crippen MR) is 63.8 cm³/mol. The second-order valence-corrected chi connectivity index (χ2v) is 4.86. The van der Waals surface area contributed by atoms with Crippen molar-refractivity contribution in [3.63, 3.8) is 0 Å².